The number of rotatable bonds is 10. The van der Waals surface area contributed by atoms with E-state index in [1.165, 1.54) is 31.1 Å². The first kappa shape index (κ1) is 26.5. The quantitative estimate of drug-likeness (QED) is 0.351. The van der Waals surface area contributed by atoms with E-state index in [0.29, 0.717) is 41.1 Å². The maximum absolute atomic E-state index is 15.1. The first-order valence-corrected chi connectivity index (χ1v) is 14.0. The van der Waals surface area contributed by atoms with Crippen molar-refractivity contribution in [2.45, 2.75) is 65.3 Å². The highest BCUT2D eigenvalue weighted by atomic mass is 32.1. The van der Waals surface area contributed by atoms with E-state index in [-0.39, 0.29) is 24.2 Å². The van der Waals surface area contributed by atoms with Gasteiger partial charge in [-0.25, -0.2) is 9.37 Å². The highest BCUT2D eigenvalue weighted by molar-refractivity contribution is 7.13. The Bertz CT molecular complexity index is 1320. The van der Waals surface area contributed by atoms with Gasteiger partial charge in [0.15, 0.2) is 0 Å². The number of ketones is 1. The number of benzene rings is 2. The van der Waals surface area contributed by atoms with Crippen molar-refractivity contribution in [3.63, 3.8) is 0 Å². The van der Waals surface area contributed by atoms with Crippen molar-refractivity contribution in [3.8, 4) is 5.75 Å². The smallest absolute Gasteiger partial charge is 0.263 e. The Balaban J connectivity index is 1.16. The number of alkyl halides is 1. The summed E-state index contributed by atoms with van der Waals surface area (Å²) in [5.74, 6) is 1.28. The molecule has 3 aromatic rings. The van der Waals surface area contributed by atoms with Crippen molar-refractivity contribution in [2.75, 3.05) is 13.2 Å². The summed E-state index contributed by atoms with van der Waals surface area (Å²) in [6.45, 7) is 7.69. The van der Waals surface area contributed by atoms with Crippen molar-refractivity contribution in [2.24, 2.45) is 5.92 Å². The van der Waals surface area contributed by atoms with Crippen LogP contribution in [-0.2, 0) is 24.3 Å². The molecule has 1 saturated carbocycles. The largest absolute Gasteiger partial charge is 0.493 e. The van der Waals surface area contributed by atoms with E-state index in [1.807, 2.05) is 49.4 Å². The molecule has 1 fully saturated rings. The molecule has 2 aromatic carbocycles. The van der Waals surface area contributed by atoms with Gasteiger partial charge in [0.1, 0.15) is 27.6 Å². The van der Waals surface area contributed by atoms with Crippen LogP contribution >= 0.6 is 11.3 Å². The molecule has 2 heterocycles. The van der Waals surface area contributed by atoms with Gasteiger partial charge >= 0.3 is 0 Å². The van der Waals surface area contributed by atoms with E-state index in [4.69, 9.17) is 4.74 Å². The van der Waals surface area contributed by atoms with Gasteiger partial charge in [0.25, 0.3) is 5.91 Å². The number of ether oxygens (including phenoxy) is 1. The summed E-state index contributed by atoms with van der Waals surface area (Å²) in [5.41, 5.74) is 4.49. The van der Waals surface area contributed by atoms with E-state index in [2.05, 4.69) is 15.2 Å². The highest BCUT2D eigenvalue weighted by Crippen LogP contribution is 2.34. The average Bonchev–Trinajstić information content (AvgIpc) is 3.64. The van der Waals surface area contributed by atoms with Crippen LogP contribution in [0.25, 0.3) is 0 Å². The van der Waals surface area contributed by atoms with Crippen LogP contribution in [0.1, 0.15) is 81.5 Å². The molecule has 1 amide bonds. The minimum Gasteiger partial charge on any atom is -0.493 e. The van der Waals surface area contributed by atoms with Gasteiger partial charge in [0.2, 0.25) is 0 Å². The van der Waals surface area contributed by atoms with Crippen molar-refractivity contribution >= 4 is 23.0 Å². The number of Topliss-reactive ketones (excluding diaryl/α,β-unsaturated/α-hetero) is 1. The molecule has 0 saturated heterocycles. The summed E-state index contributed by atoms with van der Waals surface area (Å²) in [7, 11) is 0. The second kappa shape index (κ2) is 11.3. The summed E-state index contributed by atoms with van der Waals surface area (Å²) < 4.78 is 20.9. The third-order valence-electron chi connectivity index (χ3n) is 7.13. The monoisotopic (exact) mass is 535 g/mol. The van der Waals surface area contributed by atoms with E-state index in [9.17, 15) is 9.59 Å². The number of nitrogens with one attached hydrogen (secondary N) is 1. The second-order valence-corrected chi connectivity index (χ2v) is 11.7. The zero-order valence-electron chi connectivity index (χ0n) is 22.1. The third kappa shape index (κ3) is 6.48. The minimum atomic E-state index is -1.04. The fourth-order valence-electron chi connectivity index (χ4n) is 4.81. The van der Waals surface area contributed by atoms with Crippen molar-refractivity contribution in [1.82, 2.24) is 15.2 Å². The Morgan fingerprint density at radius 3 is 2.68 bits per heavy atom. The number of fused-ring (bicyclic) bond motifs is 1. The zero-order chi connectivity index (χ0) is 26.8. The molecule has 1 aliphatic carbocycles. The Kier molecular flexibility index (Phi) is 7.91. The molecule has 0 spiro atoms. The topological polar surface area (TPSA) is 71.5 Å². The molecule has 0 bridgehead atoms. The van der Waals surface area contributed by atoms with Gasteiger partial charge in [0, 0.05) is 19.6 Å². The average molecular weight is 536 g/mol. The van der Waals surface area contributed by atoms with Crippen molar-refractivity contribution < 1.29 is 18.7 Å². The fourth-order valence-corrected chi connectivity index (χ4v) is 5.85. The molecule has 200 valence electrons. The molecule has 1 N–H and O–H groups in total. The Hall–Kier alpha value is -3.10. The van der Waals surface area contributed by atoms with Crippen molar-refractivity contribution in [3.05, 3.63) is 80.3 Å². The van der Waals surface area contributed by atoms with Crippen LogP contribution in [0.15, 0.2) is 42.5 Å². The maximum Gasteiger partial charge on any atom is 0.263 e. The SMILES string of the molecule is CC(=O)Cc1nc(C)c(C(=O)N[C@@H](C)c2ccc(CN3Cc4ccc(OCC5CC5)cc4C(F)C3)cc2)s1. The fraction of sp³-hybridized carbons (Fsp3) is 0.433. The molecule has 8 heteroatoms. The highest BCUT2D eigenvalue weighted by Gasteiger charge is 2.27. The summed E-state index contributed by atoms with van der Waals surface area (Å²) >= 11 is 1.27. The predicted molar refractivity (Wildman–Crippen MR) is 146 cm³/mol. The van der Waals surface area contributed by atoms with E-state index >= 15 is 4.39 Å². The summed E-state index contributed by atoms with van der Waals surface area (Å²) in [4.78, 5) is 31.2. The molecule has 1 aliphatic heterocycles. The molecule has 1 unspecified atom stereocenters. The Labute approximate surface area is 227 Å². The van der Waals surface area contributed by atoms with Crippen LogP contribution in [0.5, 0.6) is 5.75 Å². The van der Waals surface area contributed by atoms with Gasteiger partial charge in [-0.05, 0) is 73.9 Å². The number of carbonyl (C=O) groups is 2. The number of nitrogens with zero attached hydrogens (tertiary/aromatic N) is 2. The molecule has 2 aliphatic rings. The standard InChI is InChI=1S/C30H34FN3O3S/c1-18(35)12-28-32-20(3)29(38-28)30(36)33-19(2)23-8-6-21(7-9-23)14-34-15-24-10-11-25(37-17-22-4-5-22)13-26(24)27(31)16-34/h6-11,13,19,22,27H,4-5,12,14-17H2,1-3H3,(H,33,36)/t19-,27?/m0/s1. The van der Waals surface area contributed by atoms with Gasteiger partial charge in [-0.15, -0.1) is 11.3 Å². The number of hydrogen-bond acceptors (Lipinski definition) is 6. The van der Waals surface area contributed by atoms with Gasteiger partial charge in [-0.3, -0.25) is 14.5 Å². The molecule has 0 radical (unpaired) electrons. The molecule has 6 nitrogen and oxygen atoms in total. The van der Waals surface area contributed by atoms with Gasteiger partial charge in [0.05, 0.1) is 24.8 Å². The number of carbonyl (C=O) groups excluding carboxylic acids is 2. The molecule has 5 rings (SSSR count). The van der Waals surface area contributed by atoms with Crippen LogP contribution in [0.4, 0.5) is 4.39 Å². The van der Waals surface area contributed by atoms with Gasteiger partial charge in [-0.1, -0.05) is 30.3 Å². The molecular formula is C30H34FN3O3S. The lowest BCUT2D eigenvalue weighted by Gasteiger charge is -2.31. The van der Waals surface area contributed by atoms with Gasteiger partial charge < -0.3 is 10.1 Å². The minimum absolute atomic E-state index is 0.0258. The lowest BCUT2D eigenvalue weighted by molar-refractivity contribution is -0.116. The number of amides is 1. The third-order valence-corrected chi connectivity index (χ3v) is 8.29. The first-order chi connectivity index (χ1) is 18.2. The Morgan fingerprint density at radius 1 is 1.21 bits per heavy atom. The van der Waals surface area contributed by atoms with Crippen LogP contribution in [0.3, 0.4) is 0 Å². The molecule has 2 atom stereocenters. The first-order valence-electron chi connectivity index (χ1n) is 13.2. The zero-order valence-corrected chi connectivity index (χ0v) is 22.9. The lowest BCUT2D eigenvalue weighted by Crippen LogP contribution is -2.31. The summed E-state index contributed by atoms with van der Waals surface area (Å²) in [5, 5.41) is 3.70. The van der Waals surface area contributed by atoms with Crippen molar-refractivity contribution in [1.29, 1.82) is 0 Å². The number of thiazole rings is 1. The predicted octanol–water partition coefficient (Wildman–Crippen LogP) is 5.89. The number of halogens is 1. The number of aromatic nitrogens is 1. The number of aryl methyl sites for hydroxylation is 1. The van der Waals surface area contributed by atoms with Crippen LogP contribution in [-0.4, -0.2) is 34.7 Å². The van der Waals surface area contributed by atoms with Gasteiger partial charge in [-0.2, -0.15) is 0 Å². The summed E-state index contributed by atoms with van der Waals surface area (Å²) in [6.07, 6.45) is 1.67. The van der Waals surface area contributed by atoms with Crippen LogP contribution < -0.4 is 10.1 Å². The summed E-state index contributed by atoms with van der Waals surface area (Å²) in [6, 6.07) is 13.7. The number of hydrogen-bond donors (Lipinski definition) is 1. The molecule has 1 aromatic heterocycles. The lowest BCUT2D eigenvalue weighted by atomic mass is 9.97. The molecular weight excluding hydrogens is 501 g/mol. The maximum atomic E-state index is 15.1. The van der Waals surface area contributed by atoms with E-state index < -0.39 is 6.17 Å². The molecule has 38 heavy (non-hydrogen) atoms. The van der Waals surface area contributed by atoms with E-state index in [0.717, 1.165) is 34.6 Å². The van der Waals surface area contributed by atoms with E-state index in [1.54, 1.807) is 6.92 Å². The van der Waals surface area contributed by atoms with Crippen LogP contribution in [0, 0.1) is 12.8 Å². The Morgan fingerprint density at radius 2 is 1.97 bits per heavy atom. The normalized spacial score (nSPS) is 18.1. The van der Waals surface area contributed by atoms with Crippen LogP contribution in [0.2, 0.25) is 0 Å². The second-order valence-electron chi connectivity index (χ2n) is 10.6.